The largest absolute Gasteiger partial charge is 0.481 e. The summed E-state index contributed by atoms with van der Waals surface area (Å²) in [7, 11) is 0. The number of carboxylic acid groups (broad SMARTS) is 1. The molecular formula is C23H24F3N5O3. The molecule has 0 saturated heterocycles. The van der Waals surface area contributed by atoms with Gasteiger partial charge in [0.15, 0.2) is 0 Å². The van der Waals surface area contributed by atoms with E-state index < -0.39 is 23.4 Å². The van der Waals surface area contributed by atoms with E-state index in [1.165, 1.54) is 0 Å². The standard InChI is InChI=1S/C23H24F3N5O3/c1-14-8-16(29-21-27-7-4-18(30-21)23(24,25)26)11-17(9-14)31-12-19(28-13-31)22(34)5-2-15(3-6-22)10-20(32)33/h4,7-9,11-13,15,34H,2-3,5-6,10H2,1H3,(H,32,33)(H,27,29,30)/t15-,22+. The second-order valence-electron chi connectivity index (χ2n) is 8.68. The Balaban J connectivity index is 1.53. The zero-order chi connectivity index (χ0) is 24.5. The lowest BCUT2D eigenvalue weighted by Gasteiger charge is -2.34. The number of aromatic nitrogens is 4. The van der Waals surface area contributed by atoms with Crippen LogP contribution in [0.3, 0.4) is 0 Å². The lowest BCUT2D eigenvalue weighted by molar-refractivity contribution is -0.141. The van der Waals surface area contributed by atoms with Crippen LogP contribution in [-0.4, -0.2) is 35.7 Å². The molecule has 4 rings (SSSR count). The fourth-order valence-electron chi connectivity index (χ4n) is 4.26. The molecule has 0 radical (unpaired) electrons. The van der Waals surface area contributed by atoms with Crippen LogP contribution in [0.1, 0.15) is 49.1 Å². The molecule has 3 aromatic rings. The van der Waals surface area contributed by atoms with Gasteiger partial charge in [-0.3, -0.25) is 4.79 Å². The van der Waals surface area contributed by atoms with Gasteiger partial charge in [-0.25, -0.2) is 15.0 Å². The molecular weight excluding hydrogens is 451 g/mol. The Hall–Kier alpha value is -3.47. The Morgan fingerprint density at radius 2 is 1.97 bits per heavy atom. The van der Waals surface area contributed by atoms with Gasteiger partial charge < -0.3 is 20.1 Å². The van der Waals surface area contributed by atoms with E-state index in [-0.39, 0.29) is 18.3 Å². The van der Waals surface area contributed by atoms with Crippen LogP contribution in [-0.2, 0) is 16.6 Å². The Labute approximate surface area is 193 Å². The van der Waals surface area contributed by atoms with Crippen LogP contribution in [0.15, 0.2) is 43.0 Å². The van der Waals surface area contributed by atoms with E-state index >= 15 is 0 Å². The summed E-state index contributed by atoms with van der Waals surface area (Å²) >= 11 is 0. The number of carboxylic acids is 1. The lowest BCUT2D eigenvalue weighted by atomic mass is 9.76. The molecule has 1 fully saturated rings. The Kier molecular flexibility index (Phi) is 6.30. The number of nitrogens with one attached hydrogen (secondary N) is 1. The Morgan fingerprint density at radius 1 is 1.24 bits per heavy atom. The van der Waals surface area contributed by atoms with Gasteiger partial charge in [-0.2, -0.15) is 13.2 Å². The van der Waals surface area contributed by atoms with Gasteiger partial charge in [0.05, 0.1) is 12.0 Å². The molecule has 34 heavy (non-hydrogen) atoms. The highest BCUT2D eigenvalue weighted by molar-refractivity contribution is 5.67. The van der Waals surface area contributed by atoms with Gasteiger partial charge in [-0.05, 0) is 68.4 Å². The minimum absolute atomic E-state index is 0.0448. The number of aliphatic hydroxyl groups is 1. The average molecular weight is 475 g/mol. The van der Waals surface area contributed by atoms with Gasteiger partial charge in [0, 0.05) is 30.2 Å². The van der Waals surface area contributed by atoms with E-state index in [0.717, 1.165) is 17.8 Å². The van der Waals surface area contributed by atoms with Crippen molar-refractivity contribution in [2.24, 2.45) is 5.92 Å². The molecule has 0 spiro atoms. The Morgan fingerprint density at radius 3 is 2.65 bits per heavy atom. The molecule has 8 nitrogen and oxygen atoms in total. The van der Waals surface area contributed by atoms with E-state index in [1.807, 2.05) is 13.0 Å². The quantitative estimate of drug-likeness (QED) is 0.478. The summed E-state index contributed by atoms with van der Waals surface area (Å²) in [5.41, 5.74) is 0.364. The van der Waals surface area contributed by atoms with E-state index in [2.05, 4.69) is 20.3 Å². The predicted octanol–water partition coefficient (Wildman–Crippen LogP) is 4.59. The number of hydrogen-bond acceptors (Lipinski definition) is 6. The summed E-state index contributed by atoms with van der Waals surface area (Å²) in [6.45, 7) is 1.84. The van der Waals surface area contributed by atoms with Crippen molar-refractivity contribution >= 4 is 17.6 Å². The average Bonchev–Trinajstić information content (AvgIpc) is 3.26. The summed E-state index contributed by atoms with van der Waals surface area (Å²) in [4.78, 5) is 22.7. The van der Waals surface area contributed by atoms with Crippen LogP contribution >= 0.6 is 0 Å². The third-order valence-electron chi connectivity index (χ3n) is 6.02. The number of aryl methyl sites for hydroxylation is 1. The number of benzene rings is 1. The summed E-state index contributed by atoms with van der Waals surface area (Å²) in [6.07, 6.45) is 1.91. The number of nitrogens with zero attached hydrogens (tertiary/aromatic N) is 4. The molecule has 0 amide bonds. The summed E-state index contributed by atoms with van der Waals surface area (Å²) in [5.74, 6) is -0.965. The van der Waals surface area contributed by atoms with Crippen LogP contribution in [0.2, 0.25) is 0 Å². The molecule has 2 aromatic heterocycles. The van der Waals surface area contributed by atoms with Gasteiger partial charge in [-0.1, -0.05) is 0 Å². The van der Waals surface area contributed by atoms with Crippen molar-refractivity contribution in [3.05, 3.63) is 59.9 Å². The first kappa shape index (κ1) is 23.7. The highest BCUT2D eigenvalue weighted by Gasteiger charge is 2.37. The number of aliphatic carboxylic acids is 1. The highest BCUT2D eigenvalue weighted by atomic mass is 19.4. The first-order chi connectivity index (χ1) is 16.0. The number of carbonyl (C=O) groups is 1. The number of imidazole rings is 1. The maximum absolute atomic E-state index is 12.9. The van der Waals surface area contributed by atoms with Crippen molar-refractivity contribution in [2.45, 2.75) is 50.8 Å². The van der Waals surface area contributed by atoms with Crippen molar-refractivity contribution in [3.8, 4) is 5.69 Å². The van der Waals surface area contributed by atoms with Crippen molar-refractivity contribution in [1.82, 2.24) is 19.5 Å². The molecule has 1 aromatic carbocycles. The number of rotatable bonds is 6. The van der Waals surface area contributed by atoms with Crippen molar-refractivity contribution in [1.29, 1.82) is 0 Å². The van der Waals surface area contributed by atoms with Crippen molar-refractivity contribution in [3.63, 3.8) is 0 Å². The number of halogens is 3. The van der Waals surface area contributed by atoms with Crippen LogP contribution in [0.25, 0.3) is 5.69 Å². The van der Waals surface area contributed by atoms with E-state index in [1.54, 1.807) is 29.2 Å². The molecule has 0 bridgehead atoms. The van der Waals surface area contributed by atoms with Crippen LogP contribution in [0.4, 0.5) is 24.8 Å². The first-order valence-electron chi connectivity index (χ1n) is 10.8. The van der Waals surface area contributed by atoms with Crippen LogP contribution < -0.4 is 5.32 Å². The fourth-order valence-corrected chi connectivity index (χ4v) is 4.26. The monoisotopic (exact) mass is 475 g/mol. The third kappa shape index (κ3) is 5.36. The summed E-state index contributed by atoms with van der Waals surface area (Å²) in [5, 5.41) is 22.9. The molecule has 0 atom stereocenters. The van der Waals surface area contributed by atoms with E-state index in [0.29, 0.717) is 42.8 Å². The SMILES string of the molecule is Cc1cc(Nc2nccc(C(F)(F)F)n2)cc(-n2cnc([C@]3(O)CC[C@@H](CC(=O)O)CC3)c2)c1. The van der Waals surface area contributed by atoms with Gasteiger partial charge in [0.25, 0.3) is 0 Å². The fraction of sp³-hybridized carbons (Fsp3) is 0.391. The van der Waals surface area contributed by atoms with Gasteiger partial charge in [0.2, 0.25) is 5.95 Å². The van der Waals surface area contributed by atoms with Crippen LogP contribution in [0, 0.1) is 12.8 Å². The molecule has 1 saturated carbocycles. The molecule has 11 heteroatoms. The van der Waals surface area contributed by atoms with E-state index in [4.69, 9.17) is 5.11 Å². The maximum atomic E-state index is 12.9. The summed E-state index contributed by atoms with van der Waals surface area (Å²) in [6, 6.07) is 6.15. The van der Waals surface area contributed by atoms with Crippen LogP contribution in [0.5, 0.6) is 0 Å². The zero-order valence-corrected chi connectivity index (χ0v) is 18.4. The normalized spacial score (nSPS) is 20.8. The van der Waals surface area contributed by atoms with Gasteiger partial charge >= 0.3 is 12.1 Å². The predicted molar refractivity (Wildman–Crippen MR) is 117 cm³/mol. The molecule has 0 aliphatic heterocycles. The molecule has 3 N–H and O–H groups in total. The second-order valence-corrected chi connectivity index (χ2v) is 8.68. The lowest BCUT2D eigenvalue weighted by Crippen LogP contribution is -2.32. The Bertz CT molecular complexity index is 1190. The molecule has 180 valence electrons. The summed E-state index contributed by atoms with van der Waals surface area (Å²) < 4.78 is 40.6. The minimum Gasteiger partial charge on any atom is -0.481 e. The molecule has 1 aliphatic carbocycles. The van der Waals surface area contributed by atoms with Gasteiger partial charge in [-0.15, -0.1) is 0 Å². The number of alkyl halides is 3. The molecule has 0 unspecified atom stereocenters. The molecule has 1 aliphatic rings. The smallest absolute Gasteiger partial charge is 0.433 e. The highest BCUT2D eigenvalue weighted by Crippen LogP contribution is 2.40. The van der Waals surface area contributed by atoms with E-state index in [9.17, 15) is 23.1 Å². The third-order valence-corrected chi connectivity index (χ3v) is 6.02. The maximum Gasteiger partial charge on any atom is 0.433 e. The minimum atomic E-state index is -4.57. The molecule has 2 heterocycles. The first-order valence-corrected chi connectivity index (χ1v) is 10.8. The second kappa shape index (κ2) is 9.05. The number of anilines is 2. The van der Waals surface area contributed by atoms with Crippen molar-refractivity contribution in [2.75, 3.05) is 5.32 Å². The number of hydrogen-bond donors (Lipinski definition) is 3. The topological polar surface area (TPSA) is 113 Å². The zero-order valence-electron chi connectivity index (χ0n) is 18.4. The van der Waals surface area contributed by atoms with Crippen molar-refractivity contribution < 1.29 is 28.2 Å². The van der Waals surface area contributed by atoms with Gasteiger partial charge in [0.1, 0.15) is 11.3 Å².